The van der Waals surface area contributed by atoms with Crippen molar-refractivity contribution in [3.63, 3.8) is 0 Å². The monoisotopic (exact) mass is 394 g/mol. The molecule has 0 aliphatic carbocycles. The van der Waals surface area contributed by atoms with Crippen LogP contribution in [0.15, 0.2) is 45.8 Å². The first-order valence-corrected chi connectivity index (χ1v) is 8.35. The van der Waals surface area contributed by atoms with E-state index in [0.29, 0.717) is 14.5 Å². The molecule has 2 aromatic rings. The van der Waals surface area contributed by atoms with Crippen molar-refractivity contribution in [1.29, 1.82) is 0 Å². The third kappa shape index (κ3) is 3.58. The number of anilines is 2. The number of hydrogen-bond donors (Lipinski definition) is 2. The fourth-order valence-corrected chi connectivity index (χ4v) is 3.65. The zero-order valence-corrected chi connectivity index (χ0v) is 13.8. The maximum Gasteiger partial charge on any atom is 0.263 e. The minimum Gasteiger partial charge on any atom is -0.398 e. The number of benzene rings is 2. The summed E-state index contributed by atoms with van der Waals surface area (Å²) in [6, 6.07) is 8.94. The Morgan fingerprint density at radius 2 is 1.65 bits per heavy atom. The third-order valence-electron chi connectivity index (χ3n) is 2.38. The summed E-state index contributed by atoms with van der Waals surface area (Å²) in [4.78, 5) is -0.0169. The first-order chi connectivity index (χ1) is 9.28. The van der Waals surface area contributed by atoms with E-state index in [4.69, 9.17) is 28.9 Å². The molecule has 0 fully saturated rings. The number of nitrogens with one attached hydrogen (secondary N) is 1. The van der Waals surface area contributed by atoms with E-state index in [2.05, 4.69) is 20.7 Å². The molecule has 0 saturated heterocycles. The van der Waals surface area contributed by atoms with Gasteiger partial charge in [0.05, 0.1) is 11.4 Å². The predicted octanol–water partition coefficient (Wildman–Crippen LogP) is 4.14. The van der Waals surface area contributed by atoms with Crippen molar-refractivity contribution in [2.75, 3.05) is 10.5 Å². The highest BCUT2D eigenvalue weighted by Gasteiger charge is 2.18. The average molecular weight is 396 g/mol. The van der Waals surface area contributed by atoms with E-state index < -0.39 is 10.0 Å². The van der Waals surface area contributed by atoms with E-state index >= 15 is 0 Å². The van der Waals surface area contributed by atoms with Crippen LogP contribution in [-0.4, -0.2) is 8.42 Å². The second-order valence-electron chi connectivity index (χ2n) is 3.95. The van der Waals surface area contributed by atoms with Crippen molar-refractivity contribution in [2.45, 2.75) is 4.90 Å². The molecule has 2 aromatic carbocycles. The van der Waals surface area contributed by atoms with Gasteiger partial charge < -0.3 is 5.73 Å². The van der Waals surface area contributed by atoms with Crippen LogP contribution < -0.4 is 10.5 Å². The van der Waals surface area contributed by atoms with Crippen LogP contribution in [-0.2, 0) is 10.0 Å². The molecule has 0 atom stereocenters. The summed E-state index contributed by atoms with van der Waals surface area (Å²) in [6.07, 6.45) is 0. The van der Waals surface area contributed by atoms with Crippen molar-refractivity contribution in [3.05, 3.63) is 50.9 Å². The summed E-state index contributed by atoms with van der Waals surface area (Å²) < 4.78 is 27.6. The van der Waals surface area contributed by atoms with Gasteiger partial charge in [0.25, 0.3) is 10.0 Å². The molecular weight excluding hydrogens is 387 g/mol. The maximum atomic E-state index is 12.3. The van der Waals surface area contributed by atoms with Crippen molar-refractivity contribution in [2.24, 2.45) is 0 Å². The van der Waals surface area contributed by atoms with Crippen molar-refractivity contribution >= 4 is 60.5 Å². The van der Waals surface area contributed by atoms with E-state index in [1.165, 1.54) is 30.3 Å². The minimum atomic E-state index is -3.81. The van der Waals surface area contributed by atoms with Gasteiger partial charge in [-0.15, -0.1) is 0 Å². The summed E-state index contributed by atoms with van der Waals surface area (Å²) in [5.74, 6) is 0. The lowest BCUT2D eigenvalue weighted by Crippen LogP contribution is -2.14. The average Bonchev–Trinajstić information content (AvgIpc) is 2.25. The van der Waals surface area contributed by atoms with Crippen LogP contribution >= 0.6 is 39.1 Å². The fraction of sp³-hybridized carbons (Fsp3) is 0. The van der Waals surface area contributed by atoms with Gasteiger partial charge in [-0.1, -0.05) is 39.1 Å². The highest BCUT2D eigenvalue weighted by molar-refractivity contribution is 9.10. The van der Waals surface area contributed by atoms with Crippen LogP contribution in [0.3, 0.4) is 0 Å². The first-order valence-electron chi connectivity index (χ1n) is 5.32. The number of hydrogen-bond acceptors (Lipinski definition) is 3. The van der Waals surface area contributed by atoms with Gasteiger partial charge in [-0.25, -0.2) is 8.42 Å². The van der Waals surface area contributed by atoms with E-state index in [0.717, 1.165) is 0 Å². The van der Waals surface area contributed by atoms with Gasteiger partial charge in [-0.05, 0) is 36.4 Å². The smallest absolute Gasteiger partial charge is 0.263 e. The van der Waals surface area contributed by atoms with Gasteiger partial charge in [-0.3, -0.25) is 4.72 Å². The predicted molar refractivity (Wildman–Crippen MR) is 85.8 cm³/mol. The number of halogens is 3. The SMILES string of the molecule is Nc1cc(Br)ccc1S(=O)(=O)Nc1cc(Cl)cc(Cl)c1. The molecule has 0 saturated carbocycles. The molecule has 0 bridgehead atoms. The second kappa shape index (κ2) is 5.81. The summed E-state index contributed by atoms with van der Waals surface area (Å²) in [6.45, 7) is 0. The van der Waals surface area contributed by atoms with Crippen LogP contribution in [0.4, 0.5) is 11.4 Å². The Hall–Kier alpha value is -0.950. The lowest BCUT2D eigenvalue weighted by molar-refractivity contribution is 0.601. The third-order valence-corrected chi connectivity index (χ3v) is 4.76. The zero-order chi connectivity index (χ0) is 14.9. The van der Waals surface area contributed by atoms with Crippen LogP contribution in [0.25, 0.3) is 0 Å². The number of sulfonamides is 1. The van der Waals surface area contributed by atoms with E-state index in [9.17, 15) is 8.42 Å². The molecule has 4 nitrogen and oxygen atoms in total. The molecule has 0 unspecified atom stereocenters. The molecular formula is C12H9BrCl2N2O2S. The topological polar surface area (TPSA) is 72.2 Å². The van der Waals surface area contributed by atoms with Crippen LogP contribution in [0.5, 0.6) is 0 Å². The molecule has 0 radical (unpaired) electrons. The summed E-state index contributed by atoms with van der Waals surface area (Å²) >= 11 is 14.9. The lowest BCUT2D eigenvalue weighted by Gasteiger charge is -2.11. The minimum absolute atomic E-state index is 0.0169. The van der Waals surface area contributed by atoms with E-state index in [1.807, 2.05) is 0 Å². The fourth-order valence-electron chi connectivity index (χ4n) is 1.59. The van der Waals surface area contributed by atoms with Crippen LogP contribution in [0.2, 0.25) is 10.0 Å². The van der Waals surface area contributed by atoms with Crippen molar-refractivity contribution < 1.29 is 8.42 Å². The largest absolute Gasteiger partial charge is 0.398 e. The molecule has 2 rings (SSSR count). The molecule has 0 amide bonds. The number of nitrogens with two attached hydrogens (primary N) is 1. The maximum absolute atomic E-state index is 12.3. The Balaban J connectivity index is 2.40. The van der Waals surface area contributed by atoms with Crippen molar-refractivity contribution in [3.8, 4) is 0 Å². The summed E-state index contributed by atoms with van der Waals surface area (Å²) in [7, 11) is -3.81. The number of nitrogen functional groups attached to an aromatic ring is 1. The second-order valence-corrected chi connectivity index (χ2v) is 7.39. The Kier molecular flexibility index (Phi) is 4.49. The molecule has 3 N–H and O–H groups in total. The molecule has 8 heteroatoms. The molecule has 0 aromatic heterocycles. The highest BCUT2D eigenvalue weighted by atomic mass is 79.9. The summed E-state index contributed by atoms with van der Waals surface area (Å²) in [5, 5.41) is 0.665. The normalized spacial score (nSPS) is 11.3. The lowest BCUT2D eigenvalue weighted by atomic mass is 10.3. The van der Waals surface area contributed by atoms with Crippen LogP contribution in [0.1, 0.15) is 0 Å². The molecule has 20 heavy (non-hydrogen) atoms. The standard InChI is InChI=1S/C12H9BrCl2N2O2S/c13-7-1-2-12(11(16)3-7)20(18,19)17-10-5-8(14)4-9(15)6-10/h1-6,17H,16H2. The Morgan fingerprint density at radius 3 is 2.20 bits per heavy atom. The van der Waals surface area contributed by atoms with Gasteiger partial charge in [0.15, 0.2) is 0 Å². The van der Waals surface area contributed by atoms with Gasteiger partial charge in [0.1, 0.15) is 4.90 Å². The molecule has 0 heterocycles. The molecule has 0 aliphatic rings. The van der Waals surface area contributed by atoms with Gasteiger partial charge in [0, 0.05) is 14.5 Å². The quantitative estimate of drug-likeness (QED) is 0.767. The first kappa shape index (κ1) is 15.4. The molecule has 0 spiro atoms. The van der Waals surface area contributed by atoms with E-state index in [1.54, 1.807) is 6.07 Å². The Bertz CT molecular complexity index is 746. The number of rotatable bonds is 3. The van der Waals surface area contributed by atoms with E-state index in [-0.39, 0.29) is 16.3 Å². The summed E-state index contributed by atoms with van der Waals surface area (Å²) in [5.41, 5.74) is 6.13. The molecule has 0 aliphatic heterocycles. The Morgan fingerprint density at radius 1 is 1.05 bits per heavy atom. The zero-order valence-electron chi connectivity index (χ0n) is 9.90. The van der Waals surface area contributed by atoms with Gasteiger partial charge in [-0.2, -0.15) is 0 Å². The highest BCUT2D eigenvalue weighted by Crippen LogP contribution is 2.27. The van der Waals surface area contributed by atoms with Crippen molar-refractivity contribution in [1.82, 2.24) is 0 Å². The Labute approximate surface area is 135 Å². The van der Waals surface area contributed by atoms with Crippen LogP contribution in [0, 0.1) is 0 Å². The van der Waals surface area contributed by atoms with Gasteiger partial charge in [0.2, 0.25) is 0 Å². The molecule has 106 valence electrons. The van der Waals surface area contributed by atoms with Gasteiger partial charge >= 0.3 is 0 Å².